The van der Waals surface area contributed by atoms with E-state index in [2.05, 4.69) is 192 Å². The van der Waals surface area contributed by atoms with Crippen molar-refractivity contribution >= 4 is 43.6 Å². The highest BCUT2D eigenvalue weighted by Crippen LogP contribution is 2.46. The van der Waals surface area contributed by atoms with Crippen molar-refractivity contribution in [3.63, 3.8) is 0 Å². The molecule has 0 spiro atoms. The summed E-state index contributed by atoms with van der Waals surface area (Å²) in [6, 6.07) is 63.3. The fourth-order valence-electron chi connectivity index (χ4n) is 8.54. The van der Waals surface area contributed by atoms with Gasteiger partial charge in [0.25, 0.3) is 0 Å². The Morgan fingerprint density at radius 1 is 0.345 bits per heavy atom. The summed E-state index contributed by atoms with van der Waals surface area (Å²) in [6.45, 7) is 2.13. The monoisotopic (exact) mass is 710 g/mol. The van der Waals surface area contributed by atoms with Gasteiger partial charge in [0.15, 0.2) is 0 Å². The molecule has 0 bridgehead atoms. The van der Waals surface area contributed by atoms with Crippen LogP contribution in [0.5, 0.6) is 11.5 Å². The van der Waals surface area contributed by atoms with E-state index in [0.29, 0.717) is 0 Å². The molecule has 0 aliphatic rings. The quantitative estimate of drug-likeness (QED) is 0.165. The van der Waals surface area contributed by atoms with E-state index < -0.39 is 0 Å². The molecule has 55 heavy (non-hydrogen) atoms. The van der Waals surface area contributed by atoms with Crippen molar-refractivity contribution in [2.24, 2.45) is 0 Å². The van der Waals surface area contributed by atoms with E-state index in [0.717, 1.165) is 55.7 Å². The lowest BCUT2D eigenvalue weighted by Crippen LogP contribution is -1.94. The van der Waals surface area contributed by atoms with Crippen molar-refractivity contribution in [3.05, 3.63) is 181 Å². The average Bonchev–Trinajstić information content (AvgIpc) is 3.76. The van der Waals surface area contributed by atoms with E-state index in [1.807, 2.05) is 0 Å². The summed E-state index contributed by atoms with van der Waals surface area (Å²) in [4.78, 5) is 0. The first-order valence-electron chi connectivity index (χ1n) is 18.7. The number of benzene rings is 8. The van der Waals surface area contributed by atoms with Gasteiger partial charge in [-0.05, 0) is 113 Å². The van der Waals surface area contributed by atoms with Crippen LogP contribution >= 0.6 is 0 Å². The van der Waals surface area contributed by atoms with Crippen LogP contribution in [0.2, 0.25) is 0 Å². The van der Waals surface area contributed by atoms with Crippen molar-refractivity contribution in [2.45, 2.75) is 6.92 Å². The molecule has 0 saturated carbocycles. The zero-order chi connectivity index (χ0) is 37.0. The molecule has 10 rings (SSSR count). The van der Waals surface area contributed by atoms with Gasteiger partial charge in [-0.2, -0.15) is 0 Å². The van der Waals surface area contributed by atoms with E-state index in [4.69, 9.17) is 9.47 Å². The third-order valence-electron chi connectivity index (χ3n) is 11.0. The maximum absolute atomic E-state index is 5.80. The summed E-state index contributed by atoms with van der Waals surface area (Å²) >= 11 is 0. The highest BCUT2D eigenvalue weighted by atomic mass is 16.5. The Morgan fingerprint density at radius 3 is 1.20 bits per heavy atom. The number of fused-ring (bicyclic) bond motifs is 6. The Kier molecular flexibility index (Phi) is 7.77. The number of methoxy groups -OCH3 is 2. The van der Waals surface area contributed by atoms with Gasteiger partial charge in [0.05, 0.1) is 36.3 Å². The van der Waals surface area contributed by atoms with Crippen LogP contribution in [0.25, 0.3) is 88.4 Å². The Hall–Kier alpha value is -7.04. The molecule has 2 aromatic heterocycles. The standard InChI is InChI=1S/C51H38N2O2/c1-33-23-25-35(26-24-33)53-47-30-28-37(55-3)32-45(47)51-43(20-12-22-49(51)53)41-18-10-8-16-39(41)38-15-7-9-17-40(38)42-19-11-21-48-50(42)44-31-36(54-2)27-29-46(44)52(48)34-13-5-4-6-14-34/h4-32H,1-3H3. The molecule has 10 aromatic rings. The SMILES string of the molecule is COc1ccc2c(c1)c1c(-c3ccccc3-c3ccccc3-c3cccc4c3c3cc(OC)ccc3n4-c3ccc(C)cc3)cccc1n2-c1ccccc1. The Labute approximate surface area is 320 Å². The number of nitrogens with zero attached hydrogens (tertiary/aromatic N) is 2. The molecule has 0 amide bonds. The molecule has 0 N–H and O–H groups in total. The normalized spacial score (nSPS) is 11.5. The second-order valence-electron chi connectivity index (χ2n) is 14.1. The van der Waals surface area contributed by atoms with Crippen LogP contribution in [0, 0.1) is 6.92 Å². The van der Waals surface area contributed by atoms with Crippen LogP contribution in [0.4, 0.5) is 0 Å². The van der Waals surface area contributed by atoms with Gasteiger partial charge in [0.2, 0.25) is 0 Å². The van der Waals surface area contributed by atoms with Gasteiger partial charge in [-0.3, -0.25) is 0 Å². The van der Waals surface area contributed by atoms with Crippen molar-refractivity contribution in [3.8, 4) is 56.3 Å². The average molecular weight is 711 g/mol. The van der Waals surface area contributed by atoms with Crippen molar-refractivity contribution in [2.75, 3.05) is 14.2 Å². The zero-order valence-corrected chi connectivity index (χ0v) is 31.0. The topological polar surface area (TPSA) is 28.3 Å². The molecule has 0 unspecified atom stereocenters. The lowest BCUT2D eigenvalue weighted by Gasteiger charge is -2.17. The van der Waals surface area contributed by atoms with Crippen molar-refractivity contribution < 1.29 is 9.47 Å². The van der Waals surface area contributed by atoms with Gasteiger partial charge < -0.3 is 18.6 Å². The highest BCUT2D eigenvalue weighted by Gasteiger charge is 2.22. The van der Waals surface area contributed by atoms with Gasteiger partial charge in [-0.1, -0.05) is 109 Å². The molecule has 8 aromatic carbocycles. The summed E-state index contributed by atoms with van der Waals surface area (Å²) in [5.41, 5.74) is 15.1. The van der Waals surface area contributed by atoms with E-state index in [9.17, 15) is 0 Å². The van der Waals surface area contributed by atoms with Crippen molar-refractivity contribution in [1.29, 1.82) is 0 Å². The molecule has 0 saturated heterocycles. The Bertz CT molecular complexity index is 3060. The van der Waals surface area contributed by atoms with Gasteiger partial charge in [-0.15, -0.1) is 0 Å². The number of hydrogen-bond acceptors (Lipinski definition) is 2. The van der Waals surface area contributed by atoms with Crippen molar-refractivity contribution in [1.82, 2.24) is 9.13 Å². The Balaban J connectivity index is 1.24. The Morgan fingerprint density at radius 2 is 0.745 bits per heavy atom. The highest BCUT2D eigenvalue weighted by molar-refractivity contribution is 6.19. The van der Waals surface area contributed by atoms with Crippen LogP contribution in [0.15, 0.2) is 176 Å². The summed E-state index contributed by atoms with van der Waals surface area (Å²) in [5.74, 6) is 1.67. The third kappa shape index (κ3) is 5.21. The number of para-hydroxylation sites is 1. The van der Waals surface area contributed by atoms with E-state index in [1.165, 1.54) is 49.7 Å². The van der Waals surface area contributed by atoms with E-state index in [1.54, 1.807) is 14.2 Å². The lowest BCUT2D eigenvalue weighted by atomic mass is 9.87. The fraction of sp³-hybridized carbons (Fsp3) is 0.0588. The van der Waals surface area contributed by atoms with E-state index >= 15 is 0 Å². The predicted molar refractivity (Wildman–Crippen MR) is 229 cm³/mol. The molecule has 264 valence electrons. The second-order valence-corrected chi connectivity index (χ2v) is 14.1. The number of aryl methyl sites for hydroxylation is 1. The first-order valence-corrected chi connectivity index (χ1v) is 18.7. The van der Waals surface area contributed by atoms with Crippen LogP contribution in [0.1, 0.15) is 5.56 Å². The summed E-state index contributed by atoms with van der Waals surface area (Å²) in [5, 5.41) is 4.70. The molecule has 0 aliphatic carbocycles. The van der Waals surface area contributed by atoms with Gasteiger partial charge in [-0.25, -0.2) is 0 Å². The van der Waals surface area contributed by atoms with Gasteiger partial charge >= 0.3 is 0 Å². The predicted octanol–water partition coefficient (Wildman–Crippen LogP) is 13.2. The minimum atomic E-state index is 0.836. The molecular weight excluding hydrogens is 673 g/mol. The molecule has 0 fully saturated rings. The first kappa shape index (κ1) is 32.6. The summed E-state index contributed by atoms with van der Waals surface area (Å²) in [6.07, 6.45) is 0. The summed E-state index contributed by atoms with van der Waals surface area (Å²) < 4.78 is 16.3. The van der Waals surface area contributed by atoms with Gasteiger partial charge in [0, 0.05) is 32.9 Å². The molecule has 0 radical (unpaired) electrons. The molecule has 4 nitrogen and oxygen atoms in total. The molecule has 0 aliphatic heterocycles. The zero-order valence-electron chi connectivity index (χ0n) is 31.0. The minimum Gasteiger partial charge on any atom is -0.497 e. The lowest BCUT2D eigenvalue weighted by molar-refractivity contribution is 0.415. The van der Waals surface area contributed by atoms with Crippen LogP contribution in [0.3, 0.4) is 0 Å². The van der Waals surface area contributed by atoms with Crippen LogP contribution in [-0.4, -0.2) is 23.4 Å². The van der Waals surface area contributed by atoms with Gasteiger partial charge in [0.1, 0.15) is 11.5 Å². The largest absolute Gasteiger partial charge is 0.497 e. The minimum absolute atomic E-state index is 0.836. The smallest absolute Gasteiger partial charge is 0.119 e. The number of hydrogen-bond donors (Lipinski definition) is 0. The molecule has 0 atom stereocenters. The fourth-order valence-corrected chi connectivity index (χ4v) is 8.54. The first-order chi connectivity index (χ1) is 27.1. The van der Waals surface area contributed by atoms with Crippen LogP contribution in [-0.2, 0) is 0 Å². The maximum atomic E-state index is 5.80. The third-order valence-corrected chi connectivity index (χ3v) is 11.0. The molecule has 2 heterocycles. The number of aromatic nitrogens is 2. The second kappa shape index (κ2) is 13.1. The summed E-state index contributed by atoms with van der Waals surface area (Å²) in [7, 11) is 3.47. The number of ether oxygens (including phenoxy) is 2. The molecular formula is C51H38N2O2. The molecule has 4 heteroatoms. The van der Waals surface area contributed by atoms with Crippen LogP contribution < -0.4 is 9.47 Å². The number of rotatable bonds is 7. The van der Waals surface area contributed by atoms with E-state index in [-0.39, 0.29) is 0 Å². The maximum Gasteiger partial charge on any atom is 0.119 e.